The van der Waals surface area contributed by atoms with E-state index in [9.17, 15) is 0 Å². The molecule has 0 unspecified atom stereocenters. The lowest BCUT2D eigenvalue weighted by Crippen LogP contribution is -2.22. The molecule has 0 radical (unpaired) electrons. The van der Waals surface area contributed by atoms with E-state index in [4.69, 9.17) is 4.74 Å². The zero-order valence-corrected chi connectivity index (χ0v) is 25.5. The average Bonchev–Trinajstić information content (AvgIpc) is 3.58. The minimum Gasteiger partial charge on any atom is -0.493 e. The van der Waals surface area contributed by atoms with Gasteiger partial charge in [-0.15, -0.1) is 0 Å². The van der Waals surface area contributed by atoms with Gasteiger partial charge in [0.2, 0.25) is 0 Å². The smallest absolute Gasteiger partial charge is 0.122 e. The summed E-state index contributed by atoms with van der Waals surface area (Å²) in [5.74, 6) is 1.06. The number of hydrogen-bond donors (Lipinski definition) is 0. The van der Waals surface area contributed by atoms with Crippen LogP contribution < -0.4 is 20.7 Å². The predicted molar refractivity (Wildman–Crippen MR) is 189 cm³/mol. The van der Waals surface area contributed by atoms with Gasteiger partial charge in [0.1, 0.15) is 5.75 Å². The van der Waals surface area contributed by atoms with Crippen molar-refractivity contribution in [2.24, 2.45) is 0 Å². The summed E-state index contributed by atoms with van der Waals surface area (Å²) in [6.45, 7) is 0.787. The van der Waals surface area contributed by atoms with Gasteiger partial charge in [0.15, 0.2) is 0 Å². The lowest BCUT2D eigenvalue weighted by Gasteiger charge is -2.26. The van der Waals surface area contributed by atoms with Gasteiger partial charge in [0.25, 0.3) is 0 Å². The Morgan fingerprint density at radius 2 is 1.07 bits per heavy atom. The number of hydrogen-bond acceptors (Lipinski definition) is 1. The molecule has 1 nitrogen and oxygen atoms in total. The van der Waals surface area contributed by atoms with E-state index in [1.54, 1.807) is 0 Å². The fourth-order valence-corrected chi connectivity index (χ4v) is 9.38. The molecule has 212 valence electrons. The van der Waals surface area contributed by atoms with Crippen LogP contribution in [0.4, 0.5) is 0 Å². The van der Waals surface area contributed by atoms with E-state index in [1.807, 2.05) is 0 Å². The predicted octanol–water partition coefficient (Wildman–Crippen LogP) is 9.14. The summed E-state index contributed by atoms with van der Waals surface area (Å²) in [5.41, 5.74) is 6.94. The second-order valence-corrected chi connectivity index (χ2v) is 13.7. The normalized spacial score (nSPS) is 12.5. The Hall–Kier alpha value is -4.71. The minimum atomic E-state index is -0.805. The third-order valence-corrected chi connectivity index (χ3v) is 11.4. The summed E-state index contributed by atoms with van der Waals surface area (Å²) in [7, 11) is -0.805. The number of ether oxygens (including phenoxy) is 1. The van der Waals surface area contributed by atoms with Crippen molar-refractivity contribution in [3.05, 3.63) is 168 Å². The molecule has 7 aromatic carbocycles. The van der Waals surface area contributed by atoms with Crippen LogP contribution in [0.2, 0.25) is 0 Å². The van der Waals surface area contributed by atoms with E-state index < -0.39 is 7.92 Å². The molecule has 1 aliphatic heterocycles. The first kappa shape index (κ1) is 26.9. The van der Waals surface area contributed by atoms with Gasteiger partial charge in [-0.05, 0) is 86.5 Å². The number of rotatable bonds is 7. The molecule has 7 aromatic rings. The summed E-state index contributed by atoms with van der Waals surface area (Å²) in [6.07, 6.45) is 2.96. The maximum Gasteiger partial charge on any atom is 0.122 e. The van der Waals surface area contributed by atoms with Gasteiger partial charge in [0, 0.05) is 12.0 Å². The highest BCUT2D eigenvalue weighted by molar-refractivity contribution is 7.80. The molecule has 0 aromatic heterocycles. The number of fused-ring (bicyclic) bond motifs is 3. The quantitative estimate of drug-likeness (QED) is 0.170. The van der Waals surface area contributed by atoms with E-state index in [2.05, 4.69) is 152 Å². The summed E-state index contributed by atoms with van der Waals surface area (Å²) in [4.78, 5) is 0. The molecule has 0 atom stereocenters. The molecule has 0 aliphatic carbocycles. The number of aryl methyl sites for hydroxylation is 2. The Morgan fingerprint density at radius 1 is 0.477 bits per heavy atom. The van der Waals surface area contributed by atoms with Gasteiger partial charge in [-0.3, -0.25) is 0 Å². The summed E-state index contributed by atoms with van der Waals surface area (Å²) in [5, 5.41) is 9.33. The monoisotopic (exact) mass is 584 g/mol. The third-order valence-electron chi connectivity index (χ3n) is 8.95. The molecule has 0 N–H and O–H groups in total. The highest BCUT2D eigenvalue weighted by Gasteiger charge is 2.25. The van der Waals surface area contributed by atoms with Gasteiger partial charge in [-0.2, -0.15) is 0 Å². The van der Waals surface area contributed by atoms with Crippen LogP contribution in [-0.2, 0) is 19.3 Å². The largest absolute Gasteiger partial charge is 0.493 e. The molecular formula is C42H33OP. The van der Waals surface area contributed by atoms with Crippen molar-refractivity contribution in [2.75, 3.05) is 6.61 Å². The molecule has 0 saturated heterocycles. The fourth-order valence-electron chi connectivity index (χ4n) is 6.91. The van der Waals surface area contributed by atoms with Gasteiger partial charge in [-0.25, -0.2) is 0 Å². The summed E-state index contributed by atoms with van der Waals surface area (Å²) >= 11 is 0. The van der Waals surface area contributed by atoms with Crippen molar-refractivity contribution >= 4 is 45.4 Å². The first-order valence-corrected chi connectivity index (χ1v) is 16.9. The van der Waals surface area contributed by atoms with Crippen LogP contribution in [0.1, 0.15) is 16.7 Å². The molecule has 8 rings (SSSR count). The highest BCUT2D eigenvalue weighted by atomic mass is 31.1. The fraction of sp³-hybridized carbons (Fsp3) is 0.0952. The topological polar surface area (TPSA) is 9.23 Å². The van der Waals surface area contributed by atoms with Crippen LogP contribution in [0.5, 0.6) is 5.75 Å². The Morgan fingerprint density at radius 3 is 1.77 bits per heavy atom. The Balaban J connectivity index is 1.39. The molecule has 0 bridgehead atoms. The molecular weight excluding hydrogens is 551 g/mol. The average molecular weight is 585 g/mol. The van der Waals surface area contributed by atoms with Crippen molar-refractivity contribution in [3.63, 3.8) is 0 Å². The van der Waals surface area contributed by atoms with Gasteiger partial charge in [0.05, 0.1) is 6.61 Å². The lowest BCUT2D eigenvalue weighted by atomic mass is 9.87. The highest BCUT2D eigenvalue weighted by Crippen LogP contribution is 2.43. The van der Waals surface area contributed by atoms with E-state index in [1.165, 1.54) is 65.3 Å². The molecule has 0 saturated carbocycles. The van der Waals surface area contributed by atoms with E-state index >= 15 is 0 Å². The maximum absolute atomic E-state index is 5.92. The second kappa shape index (κ2) is 11.8. The van der Waals surface area contributed by atoms with Gasteiger partial charge in [-0.1, -0.05) is 146 Å². The molecule has 1 heterocycles. The maximum atomic E-state index is 5.92. The van der Waals surface area contributed by atoms with Crippen LogP contribution in [0, 0.1) is 0 Å². The summed E-state index contributed by atoms with van der Waals surface area (Å²) in [6, 6.07) is 56.0. The molecule has 0 fully saturated rings. The Labute approximate surface area is 260 Å². The molecule has 44 heavy (non-hydrogen) atoms. The molecule has 2 heteroatoms. The van der Waals surface area contributed by atoms with Gasteiger partial charge < -0.3 is 4.74 Å². The van der Waals surface area contributed by atoms with Crippen LogP contribution in [0.15, 0.2) is 152 Å². The third kappa shape index (κ3) is 4.88. The standard InChI is InChI=1S/C42H33OP/c1-3-15-34(16-4-1)44(35-17-5-2-6-18-35)40-27-26-32-13-8-10-20-38(32)42(40)41-33(25-23-31-12-7-9-19-37(31)41)24-22-30-14-11-21-39-36(30)28-29-43-39/h1-21,23,25-27H,22,24,28-29H2. The van der Waals surface area contributed by atoms with Crippen LogP contribution >= 0.6 is 7.92 Å². The minimum absolute atomic E-state index is 0.787. The zero-order chi connectivity index (χ0) is 29.3. The van der Waals surface area contributed by atoms with Crippen molar-refractivity contribution in [1.82, 2.24) is 0 Å². The number of benzene rings is 7. The Kier molecular flexibility index (Phi) is 7.18. The van der Waals surface area contributed by atoms with E-state index in [0.29, 0.717) is 0 Å². The molecule has 1 aliphatic rings. The van der Waals surface area contributed by atoms with Crippen LogP contribution in [0.3, 0.4) is 0 Å². The van der Waals surface area contributed by atoms with E-state index in [-0.39, 0.29) is 0 Å². The van der Waals surface area contributed by atoms with Crippen LogP contribution in [0.25, 0.3) is 32.7 Å². The molecule has 0 amide bonds. The van der Waals surface area contributed by atoms with Crippen LogP contribution in [-0.4, -0.2) is 6.61 Å². The second-order valence-electron chi connectivity index (χ2n) is 11.5. The van der Waals surface area contributed by atoms with E-state index in [0.717, 1.165) is 31.6 Å². The first-order chi connectivity index (χ1) is 21.8. The van der Waals surface area contributed by atoms with Crippen molar-refractivity contribution < 1.29 is 4.74 Å². The van der Waals surface area contributed by atoms with Gasteiger partial charge >= 0.3 is 0 Å². The molecule has 0 spiro atoms. The first-order valence-electron chi connectivity index (χ1n) is 15.5. The zero-order valence-electron chi connectivity index (χ0n) is 24.6. The van der Waals surface area contributed by atoms with Crippen molar-refractivity contribution in [3.8, 4) is 16.9 Å². The Bertz CT molecular complexity index is 2060. The summed E-state index contributed by atoms with van der Waals surface area (Å²) < 4.78 is 5.92. The van der Waals surface area contributed by atoms with Crippen molar-refractivity contribution in [2.45, 2.75) is 19.3 Å². The lowest BCUT2D eigenvalue weighted by molar-refractivity contribution is 0.357. The van der Waals surface area contributed by atoms with Crippen molar-refractivity contribution in [1.29, 1.82) is 0 Å². The SMILES string of the molecule is c1ccc(P(c2ccccc2)c2ccc3ccccc3c2-c2c(CCc3cccc4c3CCO4)ccc3ccccc23)cc1.